The van der Waals surface area contributed by atoms with Gasteiger partial charge in [0.2, 0.25) is 0 Å². The first-order valence-electron chi connectivity index (χ1n) is 6.18. The first-order chi connectivity index (χ1) is 9.71. The van der Waals surface area contributed by atoms with Crippen LogP contribution in [0.2, 0.25) is 5.02 Å². The van der Waals surface area contributed by atoms with Gasteiger partial charge in [-0.2, -0.15) is 0 Å². The minimum absolute atomic E-state index is 0.565. The molecule has 0 fully saturated rings. The number of halogens is 1. The van der Waals surface area contributed by atoms with E-state index in [1.807, 2.05) is 6.92 Å². The van der Waals surface area contributed by atoms with Gasteiger partial charge in [-0.15, -0.1) is 0 Å². The van der Waals surface area contributed by atoms with E-state index >= 15 is 0 Å². The molecule has 0 aliphatic heterocycles. The van der Waals surface area contributed by atoms with Crippen LogP contribution in [0.3, 0.4) is 0 Å². The van der Waals surface area contributed by atoms with Crippen molar-refractivity contribution in [1.82, 2.24) is 9.97 Å². The van der Waals surface area contributed by atoms with E-state index in [1.165, 1.54) is 6.33 Å². The van der Waals surface area contributed by atoms with E-state index < -0.39 is 0 Å². The summed E-state index contributed by atoms with van der Waals surface area (Å²) in [7, 11) is 3.19. The maximum atomic E-state index is 6.06. The lowest BCUT2D eigenvalue weighted by Crippen LogP contribution is -2.04. The molecule has 6 heteroatoms. The van der Waals surface area contributed by atoms with Crippen molar-refractivity contribution in [2.45, 2.75) is 6.92 Å². The van der Waals surface area contributed by atoms with Crippen LogP contribution in [-0.4, -0.2) is 30.7 Å². The second-order valence-electron chi connectivity index (χ2n) is 3.98. The maximum Gasteiger partial charge on any atom is 0.187 e. The second kappa shape index (κ2) is 6.43. The Morgan fingerprint density at radius 3 is 2.65 bits per heavy atom. The lowest BCUT2D eigenvalue weighted by atomic mass is 10.1. The average Bonchev–Trinajstić information content (AvgIpc) is 2.47. The van der Waals surface area contributed by atoms with Crippen LogP contribution in [0.1, 0.15) is 6.92 Å². The van der Waals surface area contributed by atoms with Gasteiger partial charge in [0, 0.05) is 17.1 Å². The number of ether oxygens (including phenoxy) is 2. The average molecular weight is 294 g/mol. The van der Waals surface area contributed by atoms with Gasteiger partial charge in [0.05, 0.1) is 14.2 Å². The zero-order valence-electron chi connectivity index (χ0n) is 11.6. The fourth-order valence-corrected chi connectivity index (χ4v) is 2.09. The summed E-state index contributed by atoms with van der Waals surface area (Å²) >= 11 is 6.06. The minimum atomic E-state index is 0.565. The Kier molecular flexibility index (Phi) is 4.63. The number of anilines is 1. The second-order valence-corrected chi connectivity index (χ2v) is 4.42. The molecule has 2 aromatic rings. The molecule has 20 heavy (non-hydrogen) atoms. The number of rotatable bonds is 5. The number of benzene rings is 1. The van der Waals surface area contributed by atoms with Crippen molar-refractivity contribution in [1.29, 1.82) is 0 Å². The number of nitrogens with zero attached hydrogens (tertiary/aromatic N) is 2. The lowest BCUT2D eigenvalue weighted by Gasteiger charge is -2.14. The molecule has 1 N–H and O–H groups in total. The minimum Gasteiger partial charge on any atom is -0.496 e. The SMILES string of the molecule is CCNc1ncnc(-c2cc(Cl)ccc2OC)c1OC. The van der Waals surface area contributed by atoms with Crippen molar-refractivity contribution in [2.75, 3.05) is 26.1 Å². The molecule has 0 aliphatic rings. The summed E-state index contributed by atoms with van der Waals surface area (Å²) in [5, 5.41) is 3.74. The summed E-state index contributed by atoms with van der Waals surface area (Å²) in [5.41, 5.74) is 1.40. The summed E-state index contributed by atoms with van der Waals surface area (Å²) < 4.78 is 10.8. The number of hydrogen-bond donors (Lipinski definition) is 1. The number of nitrogens with one attached hydrogen (secondary N) is 1. The van der Waals surface area contributed by atoms with Gasteiger partial charge in [-0.05, 0) is 25.1 Å². The predicted molar refractivity (Wildman–Crippen MR) is 79.7 cm³/mol. The van der Waals surface area contributed by atoms with E-state index in [1.54, 1.807) is 32.4 Å². The van der Waals surface area contributed by atoms with Gasteiger partial charge >= 0.3 is 0 Å². The van der Waals surface area contributed by atoms with Crippen LogP contribution < -0.4 is 14.8 Å². The van der Waals surface area contributed by atoms with Crippen molar-refractivity contribution < 1.29 is 9.47 Å². The fraction of sp³-hybridized carbons (Fsp3) is 0.286. The monoisotopic (exact) mass is 293 g/mol. The smallest absolute Gasteiger partial charge is 0.187 e. The van der Waals surface area contributed by atoms with Crippen LogP contribution in [0.25, 0.3) is 11.3 Å². The van der Waals surface area contributed by atoms with E-state index in [4.69, 9.17) is 21.1 Å². The van der Waals surface area contributed by atoms with Crippen LogP contribution in [0.5, 0.6) is 11.5 Å². The molecular formula is C14H16ClN3O2. The van der Waals surface area contributed by atoms with E-state index in [9.17, 15) is 0 Å². The fourth-order valence-electron chi connectivity index (χ4n) is 1.92. The van der Waals surface area contributed by atoms with Gasteiger partial charge in [-0.3, -0.25) is 0 Å². The van der Waals surface area contributed by atoms with Gasteiger partial charge in [0.1, 0.15) is 17.8 Å². The summed E-state index contributed by atoms with van der Waals surface area (Å²) in [5.74, 6) is 1.88. The molecule has 0 aliphatic carbocycles. The number of methoxy groups -OCH3 is 2. The van der Waals surface area contributed by atoms with Crippen molar-refractivity contribution in [3.05, 3.63) is 29.5 Å². The van der Waals surface area contributed by atoms with Crippen molar-refractivity contribution >= 4 is 17.4 Å². The predicted octanol–water partition coefficient (Wildman–Crippen LogP) is 3.25. The molecule has 0 saturated carbocycles. The highest BCUT2D eigenvalue weighted by Crippen LogP contribution is 2.39. The summed E-state index contributed by atoms with van der Waals surface area (Å²) in [6, 6.07) is 5.36. The third-order valence-electron chi connectivity index (χ3n) is 2.77. The van der Waals surface area contributed by atoms with Crippen LogP contribution >= 0.6 is 11.6 Å². The maximum absolute atomic E-state index is 6.06. The van der Waals surface area contributed by atoms with Crippen LogP contribution in [-0.2, 0) is 0 Å². The first kappa shape index (κ1) is 14.4. The molecule has 1 aromatic carbocycles. The van der Waals surface area contributed by atoms with Gasteiger partial charge in [-0.1, -0.05) is 11.6 Å². The molecule has 106 valence electrons. The quantitative estimate of drug-likeness (QED) is 0.917. The Hall–Kier alpha value is -2.01. The molecule has 0 spiro atoms. The highest BCUT2D eigenvalue weighted by Gasteiger charge is 2.17. The van der Waals surface area contributed by atoms with Gasteiger partial charge in [-0.25, -0.2) is 9.97 Å². The molecule has 0 amide bonds. The largest absolute Gasteiger partial charge is 0.496 e. The first-order valence-corrected chi connectivity index (χ1v) is 6.55. The van der Waals surface area contributed by atoms with E-state index in [-0.39, 0.29) is 0 Å². The van der Waals surface area contributed by atoms with Gasteiger partial charge in [0.15, 0.2) is 11.6 Å². The number of aromatic nitrogens is 2. The lowest BCUT2D eigenvalue weighted by molar-refractivity contribution is 0.409. The topological polar surface area (TPSA) is 56.3 Å². The van der Waals surface area contributed by atoms with Crippen molar-refractivity contribution in [2.24, 2.45) is 0 Å². The molecule has 0 atom stereocenters. The van der Waals surface area contributed by atoms with Crippen molar-refractivity contribution in [3.63, 3.8) is 0 Å². The number of hydrogen-bond acceptors (Lipinski definition) is 5. The molecule has 1 aromatic heterocycles. The highest BCUT2D eigenvalue weighted by molar-refractivity contribution is 6.31. The molecule has 0 bridgehead atoms. The molecule has 5 nitrogen and oxygen atoms in total. The van der Waals surface area contributed by atoms with Gasteiger partial charge in [0.25, 0.3) is 0 Å². The molecule has 0 radical (unpaired) electrons. The summed E-state index contributed by atoms with van der Waals surface area (Å²) in [6.45, 7) is 2.72. The zero-order chi connectivity index (χ0) is 14.5. The van der Waals surface area contributed by atoms with Crippen LogP contribution in [0.4, 0.5) is 5.82 Å². The Bertz CT molecular complexity index is 605. The summed E-state index contributed by atoms with van der Waals surface area (Å²) in [4.78, 5) is 8.48. The Labute approximate surface area is 122 Å². The highest BCUT2D eigenvalue weighted by atomic mass is 35.5. The third-order valence-corrected chi connectivity index (χ3v) is 3.00. The van der Waals surface area contributed by atoms with Crippen LogP contribution in [0.15, 0.2) is 24.5 Å². The Balaban J connectivity index is 2.63. The molecule has 0 saturated heterocycles. The van der Waals surface area contributed by atoms with Gasteiger partial charge < -0.3 is 14.8 Å². The molecule has 0 unspecified atom stereocenters. The van der Waals surface area contributed by atoms with E-state index in [2.05, 4.69) is 15.3 Å². The molecular weight excluding hydrogens is 278 g/mol. The van der Waals surface area contributed by atoms with E-state index in [0.717, 1.165) is 12.1 Å². The standard InChI is InChI=1S/C14H16ClN3O2/c1-4-16-14-13(20-3)12(17-8-18-14)10-7-9(15)5-6-11(10)19-2/h5-8H,4H2,1-3H3,(H,16,17,18). The third kappa shape index (κ3) is 2.77. The van der Waals surface area contributed by atoms with Crippen molar-refractivity contribution in [3.8, 4) is 22.8 Å². The van der Waals surface area contributed by atoms with E-state index in [0.29, 0.717) is 28.0 Å². The Morgan fingerprint density at radius 1 is 1.20 bits per heavy atom. The normalized spacial score (nSPS) is 10.2. The zero-order valence-corrected chi connectivity index (χ0v) is 12.4. The Morgan fingerprint density at radius 2 is 2.00 bits per heavy atom. The summed E-state index contributed by atoms with van der Waals surface area (Å²) in [6.07, 6.45) is 1.48. The molecule has 2 rings (SSSR count). The molecule has 1 heterocycles. The van der Waals surface area contributed by atoms with Crippen LogP contribution in [0, 0.1) is 0 Å².